The number of hydrogen-bond donors (Lipinski definition) is 0. The van der Waals surface area contributed by atoms with Gasteiger partial charge in [-0.15, -0.1) is 0 Å². The maximum absolute atomic E-state index is 14.5. The van der Waals surface area contributed by atoms with Crippen LogP contribution in [0.5, 0.6) is 0 Å². The Morgan fingerprint density at radius 1 is 1.04 bits per heavy atom. The summed E-state index contributed by atoms with van der Waals surface area (Å²) in [6, 6.07) is 3.54. The van der Waals surface area contributed by atoms with Crippen molar-refractivity contribution in [1.29, 1.82) is 0 Å². The Bertz CT molecular complexity index is 839. The standard InChI is InChI=1S/C20H27FN2O4S/c21-19-6-5-17(28(25,26)23-9-11-27-12-10-23)13-18(19)20(24)22-8-7-15-3-1-2-4-16(15)14-22/h5-6,13,15-16H,1-4,7-12,14H2/t15-,16+/m0/s1. The van der Waals surface area contributed by atoms with Gasteiger partial charge in [0.1, 0.15) is 5.82 Å². The van der Waals surface area contributed by atoms with Gasteiger partial charge >= 0.3 is 0 Å². The van der Waals surface area contributed by atoms with E-state index >= 15 is 0 Å². The van der Waals surface area contributed by atoms with Crippen LogP contribution in [0.4, 0.5) is 4.39 Å². The molecule has 2 saturated heterocycles. The molecule has 2 atom stereocenters. The van der Waals surface area contributed by atoms with Gasteiger partial charge in [0, 0.05) is 26.2 Å². The summed E-state index contributed by atoms with van der Waals surface area (Å²) in [5.41, 5.74) is -0.149. The number of hydrogen-bond acceptors (Lipinski definition) is 4. The highest BCUT2D eigenvalue weighted by Crippen LogP contribution is 2.36. The van der Waals surface area contributed by atoms with Crippen LogP contribution in [0.2, 0.25) is 0 Å². The fourth-order valence-electron chi connectivity index (χ4n) is 4.72. The summed E-state index contributed by atoms with van der Waals surface area (Å²) in [5.74, 6) is 0.0719. The van der Waals surface area contributed by atoms with E-state index in [1.165, 1.54) is 35.7 Å². The van der Waals surface area contributed by atoms with Crippen molar-refractivity contribution >= 4 is 15.9 Å². The van der Waals surface area contributed by atoms with E-state index in [4.69, 9.17) is 4.74 Å². The second-order valence-corrected chi connectivity index (χ2v) is 9.94. The summed E-state index contributed by atoms with van der Waals surface area (Å²) in [4.78, 5) is 14.7. The molecule has 2 heterocycles. The number of carbonyl (C=O) groups is 1. The zero-order chi connectivity index (χ0) is 19.7. The molecule has 4 rings (SSSR count). The predicted octanol–water partition coefficient (Wildman–Crippen LogP) is 2.50. The Hall–Kier alpha value is -1.51. The zero-order valence-electron chi connectivity index (χ0n) is 16.0. The fourth-order valence-corrected chi connectivity index (χ4v) is 6.16. The molecule has 8 heteroatoms. The number of ether oxygens (including phenoxy) is 1. The molecule has 2 aliphatic heterocycles. The molecule has 3 aliphatic rings. The molecule has 0 unspecified atom stereocenters. The van der Waals surface area contributed by atoms with Crippen molar-refractivity contribution in [3.63, 3.8) is 0 Å². The molecule has 0 N–H and O–H groups in total. The molecular formula is C20H27FN2O4S. The highest BCUT2D eigenvalue weighted by Gasteiger charge is 2.34. The van der Waals surface area contributed by atoms with E-state index in [0.29, 0.717) is 38.1 Å². The van der Waals surface area contributed by atoms with Gasteiger partial charge in [-0.25, -0.2) is 12.8 Å². The number of piperidine rings is 1. The maximum atomic E-state index is 14.5. The quantitative estimate of drug-likeness (QED) is 0.768. The Kier molecular flexibility index (Phi) is 5.71. The number of amides is 1. The normalized spacial score (nSPS) is 26.7. The van der Waals surface area contributed by atoms with E-state index in [-0.39, 0.29) is 23.5 Å². The summed E-state index contributed by atoms with van der Waals surface area (Å²) in [5, 5.41) is 0. The third kappa shape index (κ3) is 3.82. The molecule has 1 aliphatic carbocycles. The lowest BCUT2D eigenvalue weighted by atomic mass is 9.75. The van der Waals surface area contributed by atoms with E-state index < -0.39 is 21.7 Å². The smallest absolute Gasteiger partial charge is 0.256 e. The van der Waals surface area contributed by atoms with Crippen LogP contribution in [0, 0.1) is 17.7 Å². The van der Waals surface area contributed by atoms with Crippen molar-refractivity contribution in [1.82, 2.24) is 9.21 Å². The monoisotopic (exact) mass is 410 g/mol. The Morgan fingerprint density at radius 3 is 2.50 bits per heavy atom. The lowest BCUT2D eigenvalue weighted by Crippen LogP contribution is -2.45. The summed E-state index contributed by atoms with van der Waals surface area (Å²) in [7, 11) is -3.77. The Balaban J connectivity index is 1.56. The highest BCUT2D eigenvalue weighted by atomic mass is 32.2. The van der Waals surface area contributed by atoms with Crippen LogP contribution in [-0.2, 0) is 14.8 Å². The predicted molar refractivity (Wildman–Crippen MR) is 102 cm³/mol. The van der Waals surface area contributed by atoms with Gasteiger partial charge in [-0.3, -0.25) is 4.79 Å². The molecule has 1 amide bonds. The van der Waals surface area contributed by atoms with Crippen LogP contribution in [0.25, 0.3) is 0 Å². The summed E-state index contributed by atoms with van der Waals surface area (Å²) in [6.45, 7) is 2.45. The Morgan fingerprint density at radius 2 is 1.75 bits per heavy atom. The van der Waals surface area contributed by atoms with E-state index in [1.807, 2.05) is 0 Å². The van der Waals surface area contributed by atoms with Crippen molar-refractivity contribution < 1.29 is 22.3 Å². The van der Waals surface area contributed by atoms with Gasteiger partial charge in [0.05, 0.1) is 23.7 Å². The molecule has 0 radical (unpaired) electrons. The van der Waals surface area contributed by atoms with Crippen molar-refractivity contribution in [3.05, 3.63) is 29.6 Å². The summed E-state index contributed by atoms with van der Waals surface area (Å²) >= 11 is 0. The summed E-state index contributed by atoms with van der Waals surface area (Å²) < 4.78 is 46.7. The van der Waals surface area contributed by atoms with Gasteiger partial charge < -0.3 is 9.64 Å². The van der Waals surface area contributed by atoms with Gasteiger partial charge in [0.15, 0.2) is 0 Å². The minimum absolute atomic E-state index is 0.0355. The lowest BCUT2D eigenvalue weighted by Gasteiger charge is -2.41. The molecule has 28 heavy (non-hydrogen) atoms. The van der Waals surface area contributed by atoms with Crippen molar-refractivity contribution in [3.8, 4) is 0 Å². The topological polar surface area (TPSA) is 66.9 Å². The minimum Gasteiger partial charge on any atom is -0.379 e. The number of carbonyl (C=O) groups excluding carboxylic acids is 1. The average Bonchev–Trinajstić information content (AvgIpc) is 2.73. The third-order valence-electron chi connectivity index (χ3n) is 6.35. The molecule has 6 nitrogen and oxygen atoms in total. The number of rotatable bonds is 3. The number of benzene rings is 1. The number of halogens is 1. The van der Waals surface area contributed by atoms with E-state index in [9.17, 15) is 17.6 Å². The van der Waals surface area contributed by atoms with E-state index in [2.05, 4.69) is 0 Å². The molecular weight excluding hydrogens is 383 g/mol. The van der Waals surface area contributed by atoms with E-state index in [1.54, 1.807) is 4.90 Å². The largest absolute Gasteiger partial charge is 0.379 e. The average molecular weight is 411 g/mol. The number of fused-ring (bicyclic) bond motifs is 1. The first-order valence-electron chi connectivity index (χ1n) is 10.1. The van der Waals surface area contributed by atoms with Gasteiger partial charge in [-0.2, -0.15) is 4.31 Å². The maximum Gasteiger partial charge on any atom is 0.256 e. The molecule has 0 bridgehead atoms. The van der Waals surface area contributed by atoms with Crippen molar-refractivity contribution in [2.45, 2.75) is 37.0 Å². The second kappa shape index (κ2) is 8.08. The van der Waals surface area contributed by atoms with Crippen molar-refractivity contribution in [2.75, 3.05) is 39.4 Å². The molecule has 154 valence electrons. The van der Waals surface area contributed by atoms with Crippen LogP contribution in [0.3, 0.4) is 0 Å². The van der Waals surface area contributed by atoms with Crippen LogP contribution in [0.15, 0.2) is 23.1 Å². The van der Waals surface area contributed by atoms with Crippen LogP contribution < -0.4 is 0 Å². The second-order valence-electron chi connectivity index (χ2n) is 8.00. The van der Waals surface area contributed by atoms with Gasteiger partial charge in [-0.1, -0.05) is 19.3 Å². The molecule has 3 fully saturated rings. The number of sulfonamides is 1. The molecule has 1 aromatic carbocycles. The highest BCUT2D eigenvalue weighted by molar-refractivity contribution is 7.89. The number of morpholine rings is 1. The first kappa shape index (κ1) is 19.8. The van der Waals surface area contributed by atoms with Crippen LogP contribution in [-0.4, -0.2) is 62.9 Å². The van der Waals surface area contributed by atoms with Crippen LogP contribution in [0.1, 0.15) is 42.5 Å². The number of likely N-dealkylation sites (tertiary alicyclic amines) is 1. The molecule has 0 spiro atoms. The van der Waals surface area contributed by atoms with Crippen molar-refractivity contribution in [2.24, 2.45) is 11.8 Å². The van der Waals surface area contributed by atoms with Crippen LogP contribution >= 0.6 is 0 Å². The molecule has 1 aromatic rings. The first-order valence-corrected chi connectivity index (χ1v) is 11.6. The first-order chi connectivity index (χ1) is 13.5. The molecule has 1 saturated carbocycles. The fraction of sp³-hybridized carbons (Fsp3) is 0.650. The SMILES string of the molecule is O=C(c1cc(S(=O)(=O)N2CCOCC2)ccc1F)N1CC[C@@H]2CCCC[C@@H]2C1. The summed E-state index contributed by atoms with van der Waals surface area (Å²) in [6.07, 6.45) is 5.72. The minimum atomic E-state index is -3.77. The lowest BCUT2D eigenvalue weighted by molar-refractivity contribution is 0.0516. The molecule has 0 aromatic heterocycles. The number of nitrogens with zero attached hydrogens (tertiary/aromatic N) is 2. The van der Waals surface area contributed by atoms with Gasteiger partial charge in [-0.05, 0) is 42.9 Å². The Labute approximate surface area is 165 Å². The van der Waals surface area contributed by atoms with Gasteiger partial charge in [0.2, 0.25) is 10.0 Å². The third-order valence-corrected chi connectivity index (χ3v) is 8.25. The van der Waals surface area contributed by atoms with Gasteiger partial charge in [0.25, 0.3) is 5.91 Å². The zero-order valence-corrected chi connectivity index (χ0v) is 16.8. The van der Waals surface area contributed by atoms with E-state index in [0.717, 1.165) is 18.9 Å².